The maximum Gasteiger partial charge on any atom is 0.281 e. The largest absolute Gasteiger partial charge is 0.370 e. The van der Waals surface area contributed by atoms with Crippen molar-refractivity contribution in [2.75, 3.05) is 34.8 Å². The number of fused-ring (bicyclic) bond motifs is 6. The number of pyridine rings is 2. The van der Waals surface area contributed by atoms with E-state index in [1.807, 2.05) is 0 Å². The maximum absolute atomic E-state index is 13.6. The van der Waals surface area contributed by atoms with Crippen molar-refractivity contribution in [3.8, 4) is 0 Å². The fourth-order valence-corrected chi connectivity index (χ4v) is 7.51. The van der Waals surface area contributed by atoms with Crippen LogP contribution in [0.1, 0.15) is 84.0 Å². The van der Waals surface area contributed by atoms with Crippen molar-refractivity contribution in [1.29, 1.82) is 0 Å². The van der Waals surface area contributed by atoms with E-state index < -0.39 is 15.9 Å². The first-order valence-corrected chi connectivity index (χ1v) is 16.5. The van der Waals surface area contributed by atoms with Crippen LogP contribution < -0.4 is 19.8 Å². The van der Waals surface area contributed by atoms with Gasteiger partial charge in [0.25, 0.3) is 15.9 Å². The number of nitrogens with zero attached hydrogens (tertiary/aromatic N) is 4. The number of anilines is 3. The van der Waals surface area contributed by atoms with Crippen molar-refractivity contribution in [3.63, 3.8) is 0 Å². The third-order valence-electron chi connectivity index (χ3n) is 8.86. The van der Waals surface area contributed by atoms with Crippen LogP contribution >= 0.6 is 0 Å². The Balaban J connectivity index is 1.53. The van der Waals surface area contributed by atoms with E-state index in [-0.39, 0.29) is 39.3 Å². The van der Waals surface area contributed by atoms with Gasteiger partial charge in [0.15, 0.2) is 5.03 Å². The van der Waals surface area contributed by atoms with Gasteiger partial charge >= 0.3 is 0 Å². The number of hydrogen-bond donors (Lipinski definition) is 2. The zero-order valence-electron chi connectivity index (χ0n) is 25.6. The highest BCUT2D eigenvalue weighted by molar-refractivity contribution is 7.90. The molecule has 0 radical (unpaired) electrons. The third kappa shape index (κ3) is 6.26. The summed E-state index contributed by atoms with van der Waals surface area (Å²) < 4.78 is 28.7. The Morgan fingerprint density at radius 1 is 1.07 bits per heavy atom. The first kappa shape index (κ1) is 30.3. The molecular weight excluding hydrogens is 552 g/mol. The molecule has 2 amide bonds. The van der Waals surface area contributed by atoms with Crippen LogP contribution in [0.4, 0.5) is 17.5 Å². The Kier molecular flexibility index (Phi) is 8.02. The standard InChI is InChI=1S/C31H44N6O4S/c1-20-18-36(29(39)22(20)14-15-30(2,3)4)25-13-12-23-27(34-25)37-19-21(17-31(37,5)6)9-8-16-32-24-10-7-11-26(33-24)42(40,41)35-28(23)38/h7,10-13,20-22H,8-9,14-19H2,1-6H3,(H,32,33)(H,35,38). The molecule has 2 saturated heterocycles. The summed E-state index contributed by atoms with van der Waals surface area (Å²) in [5.74, 6) is 1.09. The predicted octanol–water partition coefficient (Wildman–Crippen LogP) is 4.83. The smallest absolute Gasteiger partial charge is 0.281 e. The van der Waals surface area contributed by atoms with Gasteiger partial charge in [-0.25, -0.2) is 14.7 Å². The van der Waals surface area contributed by atoms with Gasteiger partial charge in [-0.2, -0.15) is 8.42 Å². The summed E-state index contributed by atoms with van der Waals surface area (Å²) in [6, 6.07) is 7.96. The van der Waals surface area contributed by atoms with Crippen molar-refractivity contribution in [1.82, 2.24) is 14.7 Å². The minimum Gasteiger partial charge on any atom is -0.370 e. The SMILES string of the molecule is CC1CN(c2ccc3c(n2)N2CC(CCCNc4cccc(n4)S(=O)(=O)NC3=O)CC2(C)C)C(=O)C1CCC(C)(C)C. The number of hydrogen-bond acceptors (Lipinski definition) is 8. The first-order valence-electron chi connectivity index (χ1n) is 15.0. The zero-order chi connectivity index (χ0) is 30.4. The van der Waals surface area contributed by atoms with E-state index in [4.69, 9.17) is 4.98 Å². The van der Waals surface area contributed by atoms with E-state index in [0.29, 0.717) is 43.0 Å². The predicted molar refractivity (Wildman–Crippen MR) is 164 cm³/mol. The number of sulfonamides is 1. The van der Waals surface area contributed by atoms with Crippen molar-refractivity contribution < 1.29 is 18.0 Å². The molecule has 2 fully saturated rings. The van der Waals surface area contributed by atoms with Crippen LogP contribution in [-0.2, 0) is 14.8 Å². The Morgan fingerprint density at radius 3 is 2.57 bits per heavy atom. The van der Waals surface area contributed by atoms with Crippen molar-refractivity contribution >= 4 is 39.3 Å². The molecular formula is C31H44N6O4S. The molecule has 3 unspecified atom stereocenters. The molecule has 42 heavy (non-hydrogen) atoms. The zero-order valence-corrected chi connectivity index (χ0v) is 26.4. The molecule has 0 aromatic carbocycles. The number of rotatable bonds is 3. The molecule has 10 nitrogen and oxygen atoms in total. The minimum atomic E-state index is -4.24. The van der Waals surface area contributed by atoms with Gasteiger partial charge in [0, 0.05) is 31.1 Å². The quantitative estimate of drug-likeness (QED) is 0.516. The second kappa shape index (κ2) is 11.1. The normalized spacial score (nSPS) is 25.7. The van der Waals surface area contributed by atoms with E-state index in [1.165, 1.54) is 6.07 Å². The summed E-state index contributed by atoms with van der Waals surface area (Å²) in [6.45, 7) is 14.8. The lowest BCUT2D eigenvalue weighted by Crippen LogP contribution is -2.41. The van der Waals surface area contributed by atoms with Crippen LogP contribution in [0.15, 0.2) is 35.4 Å². The Labute approximate surface area is 249 Å². The summed E-state index contributed by atoms with van der Waals surface area (Å²) in [5.41, 5.74) is -0.0273. The van der Waals surface area contributed by atoms with Crippen LogP contribution in [0.5, 0.6) is 0 Å². The van der Waals surface area contributed by atoms with Gasteiger partial charge in [-0.15, -0.1) is 0 Å². The summed E-state index contributed by atoms with van der Waals surface area (Å²) in [5, 5.41) is 2.98. The average molecular weight is 597 g/mol. The van der Waals surface area contributed by atoms with Gasteiger partial charge in [-0.3, -0.25) is 14.5 Å². The molecule has 0 aliphatic carbocycles. The molecule has 2 aromatic heterocycles. The molecule has 3 aliphatic heterocycles. The van der Waals surface area contributed by atoms with E-state index >= 15 is 0 Å². The number of amides is 2. The van der Waals surface area contributed by atoms with Crippen molar-refractivity contribution in [3.05, 3.63) is 35.9 Å². The lowest BCUT2D eigenvalue weighted by molar-refractivity contribution is -0.121. The van der Waals surface area contributed by atoms with Crippen LogP contribution in [0.25, 0.3) is 0 Å². The molecule has 2 N–H and O–H groups in total. The van der Waals surface area contributed by atoms with Crippen molar-refractivity contribution in [2.24, 2.45) is 23.2 Å². The molecule has 0 spiro atoms. The van der Waals surface area contributed by atoms with Gasteiger partial charge in [-0.1, -0.05) is 33.8 Å². The molecule has 3 atom stereocenters. The Hall–Kier alpha value is -3.21. The summed E-state index contributed by atoms with van der Waals surface area (Å²) in [6.07, 6.45) is 4.52. The molecule has 4 bridgehead atoms. The van der Waals surface area contributed by atoms with Crippen LogP contribution in [0, 0.1) is 23.2 Å². The Morgan fingerprint density at radius 2 is 1.83 bits per heavy atom. The van der Waals surface area contributed by atoms with E-state index in [2.05, 4.69) is 61.5 Å². The average Bonchev–Trinajstić information content (AvgIpc) is 3.37. The number of carbonyl (C=O) groups excluding carboxylic acids is 2. The fraction of sp³-hybridized carbons (Fsp3) is 0.613. The molecule has 11 heteroatoms. The highest BCUT2D eigenvalue weighted by atomic mass is 32.2. The molecule has 228 valence electrons. The second-order valence-corrected chi connectivity index (χ2v) is 15.7. The molecule has 3 aliphatic rings. The van der Waals surface area contributed by atoms with Crippen molar-refractivity contribution in [2.45, 2.75) is 84.2 Å². The highest BCUT2D eigenvalue weighted by Gasteiger charge is 2.43. The lowest BCUT2D eigenvalue weighted by Gasteiger charge is -2.34. The Bertz CT molecular complexity index is 1470. The number of aromatic nitrogens is 2. The number of nitrogens with one attached hydrogen (secondary N) is 2. The van der Waals surface area contributed by atoms with Gasteiger partial charge in [-0.05, 0) is 87.5 Å². The molecule has 0 saturated carbocycles. The maximum atomic E-state index is 13.6. The summed E-state index contributed by atoms with van der Waals surface area (Å²) in [4.78, 5) is 40.3. The van der Waals surface area contributed by atoms with Crippen LogP contribution in [0.3, 0.4) is 0 Å². The third-order valence-corrected chi connectivity index (χ3v) is 10.1. The highest BCUT2D eigenvalue weighted by Crippen LogP contribution is 2.41. The lowest BCUT2D eigenvalue weighted by atomic mass is 9.83. The first-order chi connectivity index (χ1) is 19.6. The second-order valence-electron chi connectivity index (χ2n) is 14.0. The van der Waals surface area contributed by atoms with Gasteiger partial charge < -0.3 is 10.2 Å². The van der Waals surface area contributed by atoms with E-state index in [9.17, 15) is 18.0 Å². The minimum absolute atomic E-state index is 0.0559. The van der Waals surface area contributed by atoms with Gasteiger partial charge in [0.1, 0.15) is 17.5 Å². The number of carbonyl (C=O) groups is 2. The monoisotopic (exact) mass is 596 g/mol. The topological polar surface area (TPSA) is 125 Å². The summed E-state index contributed by atoms with van der Waals surface area (Å²) in [7, 11) is -4.24. The van der Waals surface area contributed by atoms with Gasteiger partial charge in [0.2, 0.25) is 5.91 Å². The van der Waals surface area contributed by atoms with Crippen LogP contribution in [0.2, 0.25) is 0 Å². The van der Waals surface area contributed by atoms with E-state index in [1.54, 1.807) is 29.2 Å². The fourth-order valence-electron chi connectivity index (χ4n) is 6.58. The summed E-state index contributed by atoms with van der Waals surface area (Å²) >= 11 is 0. The molecule has 5 rings (SSSR count). The van der Waals surface area contributed by atoms with E-state index in [0.717, 1.165) is 32.1 Å². The van der Waals surface area contributed by atoms with Gasteiger partial charge in [0.05, 0.1) is 5.56 Å². The van der Waals surface area contributed by atoms with Crippen LogP contribution in [-0.4, -0.2) is 55.4 Å². The molecule has 2 aromatic rings. The molecule has 5 heterocycles.